The van der Waals surface area contributed by atoms with E-state index in [1.54, 1.807) is 0 Å². The van der Waals surface area contributed by atoms with Crippen LogP contribution in [0.2, 0.25) is 0 Å². The summed E-state index contributed by atoms with van der Waals surface area (Å²) in [5.41, 5.74) is 1.98. The number of benzene rings is 1. The maximum absolute atomic E-state index is 12.0. The number of unbranched alkanes of at least 4 members (excludes halogenated alkanes) is 1. The van der Waals surface area contributed by atoms with Gasteiger partial charge in [-0.2, -0.15) is 0 Å². The average Bonchev–Trinajstić information content (AvgIpc) is 3.02. The van der Waals surface area contributed by atoms with E-state index in [4.69, 9.17) is 0 Å². The zero-order valence-corrected chi connectivity index (χ0v) is 13.6. The predicted octanol–water partition coefficient (Wildman–Crippen LogP) is 2.22. The molecule has 4 heteroatoms. The molecule has 1 aliphatic heterocycles. The highest BCUT2D eigenvalue weighted by atomic mass is 16.3. The molecule has 0 bridgehead atoms. The second-order valence-corrected chi connectivity index (χ2v) is 6.03. The second kappa shape index (κ2) is 8.91. The minimum atomic E-state index is 0.0112. The lowest BCUT2D eigenvalue weighted by Crippen LogP contribution is -2.33. The van der Waals surface area contributed by atoms with Gasteiger partial charge in [0.1, 0.15) is 0 Å². The Bertz CT molecular complexity index is 459. The van der Waals surface area contributed by atoms with Crippen molar-refractivity contribution in [2.24, 2.45) is 0 Å². The number of nitrogens with one attached hydrogen (secondary N) is 1. The molecule has 0 spiro atoms. The van der Waals surface area contributed by atoms with Crippen LogP contribution >= 0.6 is 0 Å². The summed E-state index contributed by atoms with van der Waals surface area (Å²) < 4.78 is 0. The summed E-state index contributed by atoms with van der Waals surface area (Å²) in [6, 6.07) is 8.16. The highest BCUT2D eigenvalue weighted by molar-refractivity contribution is 5.94. The number of aliphatic hydroxyl groups is 1. The van der Waals surface area contributed by atoms with Gasteiger partial charge in [0.05, 0.1) is 6.61 Å². The zero-order valence-electron chi connectivity index (χ0n) is 13.6. The van der Waals surface area contributed by atoms with Crippen molar-refractivity contribution >= 4 is 5.91 Å². The number of hydrogen-bond acceptors (Lipinski definition) is 3. The Morgan fingerprint density at radius 2 is 2.09 bits per heavy atom. The number of nitrogens with zero attached hydrogens (tertiary/aromatic N) is 1. The van der Waals surface area contributed by atoms with Crippen LogP contribution in [0.25, 0.3) is 0 Å². The summed E-state index contributed by atoms with van der Waals surface area (Å²) in [6.45, 7) is 5.21. The Morgan fingerprint density at radius 1 is 1.32 bits per heavy atom. The molecule has 0 saturated carbocycles. The van der Waals surface area contributed by atoms with Gasteiger partial charge < -0.3 is 10.4 Å². The van der Waals surface area contributed by atoms with Crippen LogP contribution in [0.5, 0.6) is 0 Å². The van der Waals surface area contributed by atoms with Crippen LogP contribution in [-0.2, 0) is 6.42 Å². The Kier molecular flexibility index (Phi) is 6.87. The van der Waals surface area contributed by atoms with Crippen molar-refractivity contribution in [3.05, 3.63) is 35.4 Å². The summed E-state index contributed by atoms with van der Waals surface area (Å²) in [4.78, 5) is 14.4. The van der Waals surface area contributed by atoms with E-state index >= 15 is 0 Å². The molecule has 1 fully saturated rings. The molecule has 0 radical (unpaired) electrons. The fraction of sp³-hybridized carbons (Fsp3) is 0.611. The van der Waals surface area contributed by atoms with Gasteiger partial charge >= 0.3 is 0 Å². The molecular formula is C18H28N2O2. The van der Waals surface area contributed by atoms with Crippen molar-refractivity contribution < 1.29 is 9.90 Å². The summed E-state index contributed by atoms with van der Waals surface area (Å²) in [5.74, 6) is 0.0112. The van der Waals surface area contributed by atoms with E-state index in [0.29, 0.717) is 12.6 Å². The van der Waals surface area contributed by atoms with Crippen LogP contribution in [0.3, 0.4) is 0 Å². The molecule has 0 aliphatic carbocycles. The first-order valence-corrected chi connectivity index (χ1v) is 8.46. The highest BCUT2D eigenvalue weighted by Gasteiger charge is 2.22. The Hall–Kier alpha value is -1.39. The van der Waals surface area contributed by atoms with Crippen molar-refractivity contribution in [1.29, 1.82) is 0 Å². The molecule has 1 unspecified atom stereocenters. The first kappa shape index (κ1) is 17.0. The third-order valence-electron chi connectivity index (χ3n) is 4.49. The largest absolute Gasteiger partial charge is 0.395 e. The third-order valence-corrected chi connectivity index (χ3v) is 4.49. The summed E-state index contributed by atoms with van der Waals surface area (Å²) in [6.07, 6.45) is 5.34. The molecule has 1 amide bonds. The lowest BCUT2D eigenvalue weighted by Gasteiger charge is -2.22. The Morgan fingerprint density at radius 3 is 2.77 bits per heavy atom. The highest BCUT2D eigenvalue weighted by Crippen LogP contribution is 2.16. The number of aliphatic hydroxyl groups excluding tert-OH is 1. The Balaban J connectivity index is 1.62. The number of rotatable bonds is 8. The standard InChI is InChI=1S/C18H28N2O2/c1-2-15-7-9-16(10-8-15)18(22)19-11-3-4-12-20-13-5-6-17(20)14-21/h7-10,17,21H,2-6,11-14H2,1H3,(H,19,22). The van der Waals surface area contributed by atoms with Gasteiger partial charge in [-0.25, -0.2) is 0 Å². The van der Waals surface area contributed by atoms with Crippen molar-refractivity contribution in [2.75, 3.05) is 26.2 Å². The molecule has 2 N–H and O–H groups in total. The SMILES string of the molecule is CCc1ccc(C(=O)NCCCCN2CCCC2CO)cc1. The van der Waals surface area contributed by atoms with Crippen LogP contribution in [0.15, 0.2) is 24.3 Å². The quantitative estimate of drug-likeness (QED) is 0.724. The minimum Gasteiger partial charge on any atom is -0.395 e. The van der Waals surface area contributed by atoms with Crippen LogP contribution in [0, 0.1) is 0 Å². The number of carbonyl (C=O) groups excluding carboxylic acids is 1. The van der Waals surface area contributed by atoms with Gasteiger partial charge in [0, 0.05) is 18.2 Å². The molecule has 4 nitrogen and oxygen atoms in total. The Labute approximate surface area is 133 Å². The molecule has 1 atom stereocenters. The van der Waals surface area contributed by atoms with E-state index in [1.807, 2.05) is 24.3 Å². The van der Waals surface area contributed by atoms with Crippen molar-refractivity contribution in [2.45, 2.75) is 45.1 Å². The summed E-state index contributed by atoms with van der Waals surface area (Å²) in [7, 11) is 0. The second-order valence-electron chi connectivity index (χ2n) is 6.03. The molecule has 1 aliphatic rings. The van der Waals surface area contributed by atoms with Crippen LogP contribution in [-0.4, -0.2) is 48.2 Å². The summed E-state index contributed by atoms with van der Waals surface area (Å²) in [5, 5.41) is 12.3. The van der Waals surface area contributed by atoms with Crippen molar-refractivity contribution in [3.63, 3.8) is 0 Å². The van der Waals surface area contributed by atoms with Gasteiger partial charge in [0.2, 0.25) is 0 Å². The van der Waals surface area contributed by atoms with Crippen LogP contribution in [0.1, 0.15) is 48.5 Å². The molecule has 1 heterocycles. The third kappa shape index (κ3) is 4.82. The smallest absolute Gasteiger partial charge is 0.251 e. The van der Waals surface area contributed by atoms with E-state index in [0.717, 1.165) is 44.3 Å². The van der Waals surface area contributed by atoms with Crippen LogP contribution < -0.4 is 5.32 Å². The molecule has 2 rings (SSSR count). The van der Waals surface area contributed by atoms with Gasteiger partial charge in [0.25, 0.3) is 5.91 Å². The molecular weight excluding hydrogens is 276 g/mol. The number of aryl methyl sites for hydroxylation is 1. The van der Waals surface area contributed by atoms with Crippen LogP contribution in [0.4, 0.5) is 0 Å². The van der Waals surface area contributed by atoms with Crippen molar-refractivity contribution in [3.8, 4) is 0 Å². The molecule has 0 aromatic heterocycles. The van der Waals surface area contributed by atoms with Gasteiger partial charge in [-0.05, 0) is 62.9 Å². The summed E-state index contributed by atoms with van der Waals surface area (Å²) >= 11 is 0. The number of amides is 1. The fourth-order valence-electron chi connectivity index (χ4n) is 3.03. The van der Waals surface area contributed by atoms with E-state index in [1.165, 1.54) is 12.0 Å². The van der Waals surface area contributed by atoms with E-state index in [9.17, 15) is 9.90 Å². The molecule has 22 heavy (non-hydrogen) atoms. The zero-order chi connectivity index (χ0) is 15.8. The van der Waals surface area contributed by atoms with E-state index < -0.39 is 0 Å². The van der Waals surface area contributed by atoms with Crippen molar-refractivity contribution in [1.82, 2.24) is 10.2 Å². The topological polar surface area (TPSA) is 52.6 Å². The number of likely N-dealkylation sites (tertiary alicyclic amines) is 1. The lowest BCUT2D eigenvalue weighted by molar-refractivity contribution is 0.0952. The maximum Gasteiger partial charge on any atom is 0.251 e. The van der Waals surface area contributed by atoms with Gasteiger partial charge in [-0.1, -0.05) is 19.1 Å². The molecule has 1 aromatic carbocycles. The van der Waals surface area contributed by atoms with E-state index in [2.05, 4.69) is 17.1 Å². The number of hydrogen-bond donors (Lipinski definition) is 2. The minimum absolute atomic E-state index is 0.0112. The normalized spacial score (nSPS) is 18.5. The lowest BCUT2D eigenvalue weighted by atomic mass is 10.1. The van der Waals surface area contributed by atoms with Gasteiger partial charge in [-0.3, -0.25) is 9.69 Å². The predicted molar refractivity (Wildman–Crippen MR) is 89.1 cm³/mol. The molecule has 122 valence electrons. The first-order chi connectivity index (χ1) is 10.7. The van der Waals surface area contributed by atoms with Gasteiger partial charge in [0.15, 0.2) is 0 Å². The van der Waals surface area contributed by atoms with Gasteiger partial charge in [-0.15, -0.1) is 0 Å². The monoisotopic (exact) mass is 304 g/mol. The number of carbonyl (C=O) groups is 1. The molecule has 1 aromatic rings. The maximum atomic E-state index is 12.0. The van der Waals surface area contributed by atoms with E-state index in [-0.39, 0.29) is 12.5 Å². The average molecular weight is 304 g/mol. The fourth-order valence-corrected chi connectivity index (χ4v) is 3.03. The first-order valence-electron chi connectivity index (χ1n) is 8.46. The molecule has 1 saturated heterocycles.